The predicted octanol–water partition coefficient (Wildman–Crippen LogP) is 8.85. The fourth-order valence-electron chi connectivity index (χ4n) is 5.54. The molecule has 0 saturated heterocycles. The highest BCUT2D eigenvalue weighted by molar-refractivity contribution is 6.13. The zero-order chi connectivity index (χ0) is 25.8. The molecule has 0 aliphatic rings. The molecule has 0 N–H and O–H groups in total. The minimum atomic E-state index is 0.570. The van der Waals surface area contributed by atoms with E-state index in [0.717, 1.165) is 55.0 Å². The van der Waals surface area contributed by atoms with Crippen molar-refractivity contribution in [1.29, 1.82) is 5.26 Å². The summed E-state index contributed by atoms with van der Waals surface area (Å²) < 4.78 is 4.33. The van der Waals surface area contributed by atoms with Gasteiger partial charge in [0.1, 0.15) is 0 Å². The van der Waals surface area contributed by atoms with Crippen molar-refractivity contribution in [3.63, 3.8) is 0 Å². The minimum absolute atomic E-state index is 0.570. The molecule has 0 saturated carbocycles. The quantitative estimate of drug-likeness (QED) is 0.226. The van der Waals surface area contributed by atoms with Gasteiger partial charge in [0.25, 0.3) is 0 Å². The maximum absolute atomic E-state index is 9.49. The van der Waals surface area contributed by atoms with Crippen LogP contribution >= 0.6 is 0 Å². The molecule has 2 aromatic heterocycles. The summed E-state index contributed by atoms with van der Waals surface area (Å²) in [5.41, 5.74) is 7.56. The highest BCUT2D eigenvalue weighted by Gasteiger charge is 2.18. The summed E-state index contributed by atoms with van der Waals surface area (Å²) in [6.07, 6.45) is 0. The van der Waals surface area contributed by atoms with Crippen LogP contribution in [0.15, 0.2) is 103 Å². The van der Waals surface area contributed by atoms with Gasteiger partial charge in [0, 0.05) is 21.8 Å². The molecule has 2 heterocycles. The van der Waals surface area contributed by atoms with E-state index in [2.05, 4.69) is 55.2 Å². The van der Waals surface area contributed by atoms with E-state index < -0.39 is 0 Å². The van der Waals surface area contributed by atoms with Crippen molar-refractivity contribution in [1.82, 2.24) is 9.13 Å². The average molecular weight is 484 g/mol. The Morgan fingerprint density at radius 3 is 2.05 bits per heavy atom. The highest BCUT2D eigenvalue weighted by atomic mass is 15.0. The lowest BCUT2D eigenvalue weighted by Crippen LogP contribution is -1.96. The first-order chi connectivity index (χ1) is 18.7. The number of nitrogens with zero attached hydrogens (tertiary/aromatic N) is 5. The van der Waals surface area contributed by atoms with Crippen LogP contribution < -0.4 is 0 Å². The molecule has 174 valence electrons. The number of para-hydroxylation sites is 3. The van der Waals surface area contributed by atoms with Crippen molar-refractivity contribution in [2.24, 2.45) is 0 Å². The van der Waals surface area contributed by atoms with Gasteiger partial charge in [-0.05, 0) is 66.0 Å². The van der Waals surface area contributed by atoms with Gasteiger partial charge in [-0.3, -0.25) is 0 Å². The summed E-state index contributed by atoms with van der Waals surface area (Å²) in [5.74, 6) is 0. The lowest BCUT2D eigenvalue weighted by molar-refractivity contribution is 1.17. The summed E-state index contributed by atoms with van der Waals surface area (Å²) in [6.45, 7) is 15.3. The molecule has 0 unspecified atom stereocenters. The number of aromatic nitrogens is 2. The Labute approximate surface area is 218 Å². The summed E-state index contributed by atoms with van der Waals surface area (Å²) in [5, 5.41) is 13.6. The smallest absolute Gasteiger partial charge is 0.210 e. The van der Waals surface area contributed by atoms with Crippen LogP contribution in [-0.4, -0.2) is 9.13 Å². The van der Waals surface area contributed by atoms with Crippen LogP contribution in [0.1, 0.15) is 5.56 Å². The normalized spacial score (nSPS) is 11.1. The van der Waals surface area contributed by atoms with Gasteiger partial charge in [-0.1, -0.05) is 42.5 Å². The molecule has 5 nitrogen and oxygen atoms in total. The Balaban J connectivity index is 1.60. The third-order valence-electron chi connectivity index (χ3n) is 7.16. The van der Waals surface area contributed by atoms with Gasteiger partial charge in [0.2, 0.25) is 5.69 Å². The molecule has 38 heavy (non-hydrogen) atoms. The van der Waals surface area contributed by atoms with E-state index in [4.69, 9.17) is 13.1 Å². The molecule has 0 amide bonds. The van der Waals surface area contributed by atoms with Gasteiger partial charge < -0.3 is 9.13 Å². The first kappa shape index (κ1) is 21.5. The highest BCUT2D eigenvalue weighted by Crippen LogP contribution is 2.39. The van der Waals surface area contributed by atoms with Gasteiger partial charge in [-0.2, -0.15) is 5.26 Å². The Hall–Kier alpha value is -5.83. The van der Waals surface area contributed by atoms with E-state index >= 15 is 0 Å². The summed E-state index contributed by atoms with van der Waals surface area (Å²) in [7, 11) is 0. The average Bonchev–Trinajstić information content (AvgIpc) is 3.48. The van der Waals surface area contributed by atoms with E-state index in [1.165, 1.54) is 0 Å². The van der Waals surface area contributed by atoms with Gasteiger partial charge in [0.05, 0.1) is 52.5 Å². The van der Waals surface area contributed by atoms with Gasteiger partial charge in [0.15, 0.2) is 5.69 Å². The Morgan fingerprint density at radius 1 is 0.579 bits per heavy atom. The van der Waals surface area contributed by atoms with Crippen LogP contribution in [-0.2, 0) is 0 Å². The lowest BCUT2D eigenvalue weighted by Gasteiger charge is -2.11. The molecular formula is C33H17N5. The zero-order valence-corrected chi connectivity index (χ0v) is 20.1. The van der Waals surface area contributed by atoms with Gasteiger partial charge in [-0.15, -0.1) is 0 Å². The summed E-state index contributed by atoms with van der Waals surface area (Å²) in [4.78, 5) is 7.44. The Morgan fingerprint density at radius 2 is 1.24 bits per heavy atom. The maximum Gasteiger partial charge on any atom is 0.210 e. The Kier molecular flexibility index (Phi) is 4.57. The predicted molar refractivity (Wildman–Crippen MR) is 152 cm³/mol. The van der Waals surface area contributed by atoms with Crippen molar-refractivity contribution in [2.75, 3.05) is 0 Å². The largest absolute Gasteiger partial charge is 0.319 e. The number of rotatable bonds is 2. The SMILES string of the molecule is [C-]#[N+]c1ccc2c(c1)c1cc(-n3c4ccccc4c4cc(C#N)ccc43)ccc1n2-c1ccccc1[N+]#[C-]. The van der Waals surface area contributed by atoms with Crippen LogP contribution in [0.2, 0.25) is 0 Å². The number of hydrogen-bond acceptors (Lipinski definition) is 1. The summed E-state index contributed by atoms with van der Waals surface area (Å²) in [6, 6.07) is 36.0. The van der Waals surface area contributed by atoms with E-state index in [0.29, 0.717) is 16.9 Å². The number of nitriles is 1. The third-order valence-corrected chi connectivity index (χ3v) is 7.16. The lowest BCUT2D eigenvalue weighted by atomic mass is 10.1. The van der Waals surface area contributed by atoms with E-state index in [9.17, 15) is 5.26 Å². The number of benzene rings is 5. The second kappa shape index (κ2) is 8.10. The molecule has 5 heteroatoms. The topological polar surface area (TPSA) is 42.4 Å². The molecule has 0 fully saturated rings. The van der Waals surface area contributed by atoms with Crippen LogP contribution in [0.3, 0.4) is 0 Å². The first-order valence-corrected chi connectivity index (χ1v) is 12.1. The van der Waals surface area contributed by atoms with Crippen LogP contribution in [0.4, 0.5) is 11.4 Å². The monoisotopic (exact) mass is 483 g/mol. The van der Waals surface area contributed by atoms with Gasteiger partial charge in [-0.25, -0.2) is 9.69 Å². The zero-order valence-electron chi connectivity index (χ0n) is 20.1. The van der Waals surface area contributed by atoms with Crippen molar-refractivity contribution in [3.05, 3.63) is 132 Å². The number of hydrogen-bond donors (Lipinski definition) is 0. The third kappa shape index (κ3) is 2.96. The molecule has 7 rings (SSSR count). The minimum Gasteiger partial charge on any atom is -0.319 e. The van der Waals surface area contributed by atoms with E-state index in [1.54, 1.807) is 0 Å². The molecule has 0 atom stereocenters. The molecule has 0 aliphatic carbocycles. The fraction of sp³-hybridized carbons (Fsp3) is 0. The maximum atomic E-state index is 9.49. The first-order valence-electron chi connectivity index (χ1n) is 12.1. The van der Waals surface area contributed by atoms with Crippen LogP contribution in [0, 0.1) is 24.5 Å². The Bertz CT molecular complexity index is 2230. The van der Waals surface area contributed by atoms with E-state index in [-0.39, 0.29) is 0 Å². The van der Waals surface area contributed by atoms with Crippen LogP contribution in [0.5, 0.6) is 0 Å². The molecule has 5 aromatic carbocycles. The molecule has 7 aromatic rings. The number of fused-ring (bicyclic) bond motifs is 6. The molecule has 0 bridgehead atoms. The molecule has 0 spiro atoms. The fourth-order valence-corrected chi connectivity index (χ4v) is 5.54. The van der Waals surface area contributed by atoms with Gasteiger partial charge >= 0.3 is 0 Å². The van der Waals surface area contributed by atoms with Crippen molar-refractivity contribution < 1.29 is 0 Å². The van der Waals surface area contributed by atoms with Crippen molar-refractivity contribution >= 4 is 55.0 Å². The molecule has 0 aliphatic heterocycles. The second-order valence-corrected chi connectivity index (χ2v) is 9.15. The second-order valence-electron chi connectivity index (χ2n) is 9.15. The summed E-state index contributed by atoms with van der Waals surface area (Å²) >= 11 is 0. The van der Waals surface area contributed by atoms with Crippen molar-refractivity contribution in [2.45, 2.75) is 0 Å². The molecule has 0 radical (unpaired) electrons. The van der Waals surface area contributed by atoms with Crippen LogP contribution in [0.25, 0.3) is 64.7 Å². The van der Waals surface area contributed by atoms with E-state index in [1.807, 2.05) is 72.8 Å². The standard InChI is InChI=1S/C33H17N5/c1-35-22-12-15-31-26(18-22)27-19-23(13-16-32(27)38(31)33-10-6-4-8-28(33)36-2)37-29-9-5-3-7-24(29)25-17-21(20-34)11-14-30(25)37/h3-19H. The van der Waals surface area contributed by atoms with Crippen molar-refractivity contribution in [3.8, 4) is 17.4 Å². The molecular weight excluding hydrogens is 466 g/mol.